The fourth-order valence-electron chi connectivity index (χ4n) is 5.46. The standard InChI is InChI=1S/C17H23NO2/c1-20-14-3-2-4-18-16(14)17(19)15-12-6-10-5-11(8-12)9-13(15)7-10/h2-4,10-13,15,17,19H,5-9H2,1H3. The summed E-state index contributed by atoms with van der Waals surface area (Å²) in [6.07, 6.45) is 8.04. The van der Waals surface area contributed by atoms with Gasteiger partial charge in [-0.25, -0.2) is 0 Å². The van der Waals surface area contributed by atoms with E-state index in [1.165, 1.54) is 32.1 Å². The molecule has 1 aromatic heterocycles. The first-order valence-corrected chi connectivity index (χ1v) is 7.93. The fourth-order valence-corrected chi connectivity index (χ4v) is 5.46. The van der Waals surface area contributed by atoms with Gasteiger partial charge in [-0.1, -0.05) is 0 Å². The van der Waals surface area contributed by atoms with Crippen molar-refractivity contribution in [1.82, 2.24) is 4.98 Å². The molecule has 1 unspecified atom stereocenters. The Morgan fingerprint density at radius 1 is 1.15 bits per heavy atom. The van der Waals surface area contributed by atoms with Crippen molar-refractivity contribution >= 4 is 0 Å². The summed E-state index contributed by atoms with van der Waals surface area (Å²) in [7, 11) is 1.66. The Balaban J connectivity index is 1.64. The molecule has 3 heteroatoms. The lowest BCUT2D eigenvalue weighted by molar-refractivity contribution is -0.0923. The largest absolute Gasteiger partial charge is 0.495 e. The zero-order valence-electron chi connectivity index (χ0n) is 12.0. The van der Waals surface area contributed by atoms with Crippen LogP contribution in [0.2, 0.25) is 0 Å². The first-order valence-electron chi connectivity index (χ1n) is 7.93. The monoisotopic (exact) mass is 273 g/mol. The Morgan fingerprint density at radius 2 is 1.80 bits per heavy atom. The fraction of sp³-hybridized carbons (Fsp3) is 0.706. The number of nitrogens with zero attached hydrogens (tertiary/aromatic N) is 1. The predicted molar refractivity (Wildman–Crippen MR) is 76.3 cm³/mol. The molecule has 0 spiro atoms. The number of hydrogen-bond acceptors (Lipinski definition) is 3. The number of pyridine rings is 1. The molecule has 5 rings (SSSR count). The lowest BCUT2D eigenvalue weighted by atomic mass is 9.50. The number of aromatic nitrogens is 1. The third-order valence-electron chi connectivity index (χ3n) is 5.96. The quantitative estimate of drug-likeness (QED) is 0.919. The van der Waals surface area contributed by atoms with Gasteiger partial charge in [0.05, 0.1) is 7.11 Å². The topological polar surface area (TPSA) is 42.4 Å². The minimum Gasteiger partial charge on any atom is -0.495 e. The molecule has 1 aromatic rings. The molecule has 4 bridgehead atoms. The van der Waals surface area contributed by atoms with Gasteiger partial charge in [-0.05, 0) is 73.8 Å². The van der Waals surface area contributed by atoms with E-state index in [1.54, 1.807) is 13.3 Å². The summed E-state index contributed by atoms with van der Waals surface area (Å²) in [6, 6.07) is 3.77. The highest BCUT2D eigenvalue weighted by molar-refractivity contribution is 5.29. The molecule has 0 saturated heterocycles. The van der Waals surface area contributed by atoms with Gasteiger partial charge in [0, 0.05) is 6.20 Å². The second-order valence-electron chi connectivity index (χ2n) is 7.04. The van der Waals surface area contributed by atoms with Crippen molar-refractivity contribution in [3.8, 4) is 5.75 Å². The molecule has 1 N–H and O–H groups in total. The molecule has 0 aromatic carbocycles. The van der Waals surface area contributed by atoms with Crippen LogP contribution in [0.1, 0.15) is 43.9 Å². The van der Waals surface area contributed by atoms with E-state index in [-0.39, 0.29) is 0 Å². The Labute approximate surface area is 120 Å². The maximum Gasteiger partial charge on any atom is 0.143 e. The molecule has 3 nitrogen and oxygen atoms in total. The third-order valence-corrected chi connectivity index (χ3v) is 5.96. The molecule has 1 heterocycles. The number of methoxy groups -OCH3 is 1. The normalized spacial score (nSPS) is 39.8. The van der Waals surface area contributed by atoms with Crippen LogP contribution in [-0.4, -0.2) is 17.2 Å². The van der Waals surface area contributed by atoms with Crippen molar-refractivity contribution < 1.29 is 9.84 Å². The molecule has 0 amide bonds. The lowest BCUT2D eigenvalue weighted by Crippen LogP contribution is -2.47. The van der Waals surface area contributed by atoms with Crippen LogP contribution in [-0.2, 0) is 0 Å². The third kappa shape index (κ3) is 1.86. The number of ether oxygens (including phenoxy) is 1. The van der Waals surface area contributed by atoms with Crippen LogP contribution in [0.15, 0.2) is 18.3 Å². The molecular weight excluding hydrogens is 250 g/mol. The molecule has 108 valence electrons. The van der Waals surface area contributed by atoms with Crippen molar-refractivity contribution in [3.05, 3.63) is 24.0 Å². The zero-order valence-corrected chi connectivity index (χ0v) is 12.0. The van der Waals surface area contributed by atoms with E-state index in [2.05, 4.69) is 4.98 Å². The van der Waals surface area contributed by atoms with Crippen molar-refractivity contribution in [3.63, 3.8) is 0 Å². The molecule has 1 atom stereocenters. The van der Waals surface area contributed by atoms with Crippen LogP contribution >= 0.6 is 0 Å². The number of aliphatic hydroxyl groups excluding tert-OH is 1. The molecule has 4 aliphatic carbocycles. The average molecular weight is 273 g/mol. The number of rotatable bonds is 3. The van der Waals surface area contributed by atoms with Gasteiger partial charge in [-0.2, -0.15) is 0 Å². The summed E-state index contributed by atoms with van der Waals surface area (Å²) in [6.45, 7) is 0. The van der Waals surface area contributed by atoms with Crippen LogP contribution < -0.4 is 4.74 Å². The van der Waals surface area contributed by atoms with Gasteiger partial charge in [-0.3, -0.25) is 4.98 Å². The van der Waals surface area contributed by atoms with Gasteiger partial charge >= 0.3 is 0 Å². The Bertz CT molecular complexity index is 474. The SMILES string of the molecule is COc1cccnc1C(O)C1C2CC3CC(C2)CC1C3. The minimum atomic E-state index is -0.457. The van der Waals surface area contributed by atoms with Crippen LogP contribution in [0.5, 0.6) is 5.75 Å². The van der Waals surface area contributed by atoms with Gasteiger partial charge in [0.1, 0.15) is 17.5 Å². The molecule has 0 radical (unpaired) electrons. The summed E-state index contributed by atoms with van der Waals surface area (Å²) in [4.78, 5) is 4.41. The van der Waals surface area contributed by atoms with Gasteiger partial charge in [0.2, 0.25) is 0 Å². The van der Waals surface area contributed by atoms with E-state index in [1.807, 2.05) is 12.1 Å². The van der Waals surface area contributed by atoms with E-state index in [0.29, 0.717) is 17.8 Å². The Hall–Kier alpha value is -1.09. The maximum atomic E-state index is 10.9. The van der Waals surface area contributed by atoms with Crippen LogP contribution in [0.25, 0.3) is 0 Å². The predicted octanol–water partition coefficient (Wildman–Crippen LogP) is 3.20. The van der Waals surface area contributed by atoms with Gasteiger partial charge in [0.15, 0.2) is 0 Å². The molecule has 20 heavy (non-hydrogen) atoms. The molecule has 0 aliphatic heterocycles. The number of hydrogen-bond donors (Lipinski definition) is 1. The molecule has 4 aliphatic rings. The van der Waals surface area contributed by atoms with E-state index < -0.39 is 6.10 Å². The second kappa shape index (κ2) is 4.73. The Morgan fingerprint density at radius 3 is 2.40 bits per heavy atom. The van der Waals surface area contributed by atoms with E-state index in [4.69, 9.17) is 4.74 Å². The van der Waals surface area contributed by atoms with Crippen molar-refractivity contribution in [2.75, 3.05) is 7.11 Å². The summed E-state index contributed by atoms with van der Waals surface area (Å²) in [5, 5.41) is 10.9. The summed E-state index contributed by atoms with van der Waals surface area (Å²) < 4.78 is 5.39. The first kappa shape index (κ1) is 12.6. The van der Waals surface area contributed by atoms with Gasteiger partial charge < -0.3 is 9.84 Å². The highest BCUT2D eigenvalue weighted by Crippen LogP contribution is 2.59. The van der Waals surface area contributed by atoms with Gasteiger partial charge in [-0.15, -0.1) is 0 Å². The van der Waals surface area contributed by atoms with E-state index in [0.717, 1.165) is 23.3 Å². The Kier molecular flexibility index (Phi) is 2.99. The minimum absolute atomic E-state index is 0.395. The zero-order chi connectivity index (χ0) is 13.7. The first-order chi connectivity index (χ1) is 9.76. The van der Waals surface area contributed by atoms with Crippen LogP contribution in [0.4, 0.5) is 0 Å². The second-order valence-corrected chi connectivity index (χ2v) is 7.04. The van der Waals surface area contributed by atoms with Crippen molar-refractivity contribution in [2.24, 2.45) is 29.6 Å². The molecule has 4 saturated carbocycles. The average Bonchev–Trinajstić information content (AvgIpc) is 2.46. The smallest absolute Gasteiger partial charge is 0.143 e. The summed E-state index contributed by atoms with van der Waals surface area (Å²) in [5.74, 6) is 4.40. The lowest BCUT2D eigenvalue weighted by Gasteiger charge is -2.55. The molecular formula is C17H23NO2. The van der Waals surface area contributed by atoms with Gasteiger partial charge in [0.25, 0.3) is 0 Å². The van der Waals surface area contributed by atoms with E-state index >= 15 is 0 Å². The summed E-state index contributed by atoms with van der Waals surface area (Å²) >= 11 is 0. The highest BCUT2D eigenvalue weighted by atomic mass is 16.5. The number of aliphatic hydroxyl groups is 1. The van der Waals surface area contributed by atoms with Crippen molar-refractivity contribution in [1.29, 1.82) is 0 Å². The van der Waals surface area contributed by atoms with Crippen LogP contribution in [0.3, 0.4) is 0 Å². The highest BCUT2D eigenvalue weighted by Gasteiger charge is 2.51. The van der Waals surface area contributed by atoms with E-state index in [9.17, 15) is 5.11 Å². The molecule has 4 fully saturated rings. The summed E-state index contributed by atoms with van der Waals surface area (Å²) in [5.41, 5.74) is 0.743. The van der Waals surface area contributed by atoms with Crippen molar-refractivity contribution in [2.45, 2.75) is 38.2 Å². The van der Waals surface area contributed by atoms with Crippen LogP contribution in [0, 0.1) is 29.6 Å². The maximum absolute atomic E-state index is 10.9.